The molecule has 0 unspecified atom stereocenters. The molecule has 0 radical (unpaired) electrons. The fourth-order valence-electron chi connectivity index (χ4n) is 2.79. The Morgan fingerprint density at radius 3 is 2.61 bits per heavy atom. The van der Waals surface area contributed by atoms with Gasteiger partial charge in [0, 0.05) is 19.0 Å². The molecular weight excluding hydrogens is 421 g/mol. The van der Waals surface area contributed by atoms with Crippen molar-refractivity contribution in [2.75, 3.05) is 19.4 Å². The number of nitrogens with one attached hydrogen (secondary N) is 1. The van der Waals surface area contributed by atoms with Crippen molar-refractivity contribution < 1.29 is 23.1 Å². The van der Waals surface area contributed by atoms with Gasteiger partial charge in [-0.15, -0.1) is 10.2 Å². The molecule has 0 aliphatic carbocycles. The van der Waals surface area contributed by atoms with Crippen LogP contribution in [-0.2, 0) is 17.6 Å². The summed E-state index contributed by atoms with van der Waals surface area (Å²) in [5.74, 6) is 0.371. The lowest BCUT2D eigenvalue weighted by molar-refractivity contribution is -0.118. The average molecular weight is 444 g/mol. The van der Waals surface area contributed by atoms with E-state index in [1.54, 1.807) is 19.2 Å². The van der Waals surface area contributed by atoms with Crippen LogP contribution in [0.5, 0.6) is 5.75 Å². The van der Waals surface area contributed by atoms with Gasteiger partial charge in [0.1, 0.15) is 11.6 Å². The third-order valence-corrected chi connectivity index (χ3v) is 5.25. The van der Waals surface area contributed by atoms with E-state index < -0.39 is 5.82 Å². The molecule has 1 N–H and O–H groups in total. The zero-order chi connectivity index (χ0) is 22.2. The van der Waals surface area contributed by atoms with E-state index in [2.05, 4.69) is 15.5 Å². The Balaban J connectivity index is 1.52. The lowest BCUT2D eigenvalue weighted by atomic mass is 10.1. The van der Waals surface area contributed by atoms with Gasteiger partial charge in [-0.05, 0) is 35.7 Å². The Kier molecular flexibility index (Phi) is 7.77. The van der Waals surface area contributed by atoms with Gasteiger partial charge in [-0.2, -0.15) is 0 Å². The van der Waals surface area contributed by atoms with Crippen molar-refractivity contribution in [2.24, 2.45) is 0 Å². The first-order chi connectivity index (χ1) is 14.9. The summed E-state index contributed by atoms with van der Waals surface area (Å²) in [5.41, 5.74) is 1.70. The molecule has 3 aromatic rings. The van der Waals surface area contributed by atoms with Crippen LogP contribution >= 0.6 is 11.8 Å². The summed E-state index contributed by atoms with van der Waals surface area (Å²) in [6, 6.07) is 11.9. The van der Waals surface area contributed by atoms with Crippen LogP contribution < -0.4 is 10.1 Å². The molecule has 1 amide bonds. The van der Waals surface area contributed by atoms with Gasteiger partial charge in [0.2, 0.25) is 11.8 Å². The Hall–Kier alpha value is -3.20. The van der Waals surface area contributed by atoms with Crippen molar-refractivity contribution in [3.8, 4) is 5.75 Å². The van der Waals surface area contributed by atoms with E-state index in [4.69, 9.17) is 9.15 Å². The summed E-state index contributed by atoms with van der Waals surface area (Å²) in [4.78, 5) is 23.3. The van der Waals surface area contributed by atoms with Gasteiger partial charge in [0.25, 0.3) is 5.22 Å². The minimum absolute atomic E-state index is 0.0504. The van der Waals surface area contributed by atoms with Crippen LogP contribution in [0.25, 0.3) is 0 Å². The molecule has 7 nitrogen and oxygen atoms in total. The summed E-state index contributed by atoms with van der Waals surface area (Å²) in [6.07, 6.45) is 0.824. The molecule has 0 atom stereocenters. The minimum Gasteiger partial charge on any atom is -0.497 e. The fraction of sp³-hybridized carbons (Fsp3) is 0.273. The number of methoxy groups -OCH3 is 1. The van der Waals surface area contributed by atoms with Gasteiger partial charge in [-0.25, -0.2) is 4.39 Å². The van der Waals surface area contributed by atoms with Gasteiger partial charge in [-0.1, -0.05) is 36.0 Å². The van der Waals surface area contributed by atoms with Crippen LogP contribution in [0.3, 0.4) is 0 Å². The molecule has 3 rings (SSSR count). The molecule has 0 saturated carbocycles. The molecule has 0 aliphatic rings. The van der Waals surface area contributed by atoms with E-state index in [0.29, 0.717) is 30.8 Å². The van der Waals surface area contributed by atoms with Crippen LogP contribution in [0.1, 0.15) is 34.3 Å². The summed E-state index contributed by atoms with van der Waals surface area (Å²) >= 11 is 1.11. The van der Waals surface area contributed by atoms with Gasteiger partial charge in [-0.3, -0.25) is 9.59 Å². The second kappa shape index (κ2) is 10.7. The molecule has 31 heavy (non-hydrogen) atoms. The highest BCUT2D eigenvalue weighted by atomic mass is 32.2. The number of hydrogen-bond acceptors (Lipinski definition) is 7. The van der Waals surface area contributed by atoms with Gasteiger partial charge in [0.15, 0.2) is 5.78 Å². The molecule has 1 heterocycles. The molecule has 0 saturated heterocycles. The number of rotatable bonds is 10. The van der Waals surface area contributed by atoms with Crippen LogP contribution in [-0.4, -0.2) is 41.3 Å². The number of thioether (sulfide) groups is 1. The fourth-order valence-corrected chi connectivity index (χ4v) is 3.47. The first-order valence-corrected chi connectivity index (χ1v) is 10.6. The first kappa shape index (κ1) is 22.5. The molecule has 0 spiro atoms. The van der Waals surface area contributed by atoms with E-state index in [1.807, 2.05) is 24.3 Å². The number of carbonyl (C=O) groups excluding carboxylic acids is 2. The number of halogens is 1. The Bertz CT molecular complexity index is 1050. The van der Waals surface area contributed by atoms with Gasteiger partial charge in [0.05, 0.1) is 19.3 Å². The highest BCUT2D eigenvalue weighted by Crippen LogP contribution is 2.21. The van der Waals surface area contributed by atoms with Crippen LogP contribution in [0.15, 0.2) is 52.1 Å². The molecule has 2 aromatic carbocycles. The van der Waals surface area contributed by atoms with Crippen molar-refractivity contribution in [3.05, 3.63) is 70.9 Å². The van der Waals surface area contributed by atoms with Crippen molar-refractivity contribution in [1.29, 1.82) is 0 Å². The maximum atomic E-state index is 14.2. The summed E-state index contributed by atoms with van der Waals surface area (Å²) in [6.45, 7) is 1.74. The van der Waals surface area contributed by atoms with Crippen molar-refractivity contribution in [1.82, 2.24) is 15.5 Å². The number of carbonyl (C=O) groups is 2. The lowest BCUT2D eigenvalue weighted by Crippen LogP contribution is -2.22. The number of benzene rings is 2. The highest BCUT2D eigenvalue weighted by molar-refractivity contribution is 7.99. The number of nitrogens with zero attached hydrogens (tertiary/aromatic N) is 2. The number of ether oxygens (including phenoxy) is 1. The standard InChI is InChI=1S/C22H22FN3O4S/c1-14(27)24-10-9-16-5-6-17(12-19(16)23)20(28)13-31-22-26-25-21(30-22)11-15-3-7-18(29-2)8-4-15/h3-8,12H,9-11,13H2,1-2H3,(H,24,27). The van der Waals surface area contributed by atoms with Gasteiger partial charge < -0.3 is 14.5 Å². The normalized spacial score (nSPS) is 10.7. The molecule has 162 valence electrons. The maximum absolute atomic E-state index is 14.2. The number of amides is 1. The predicted molar refractivity (Wildman–Crippen MR) is 114 cm³/mol. The Labute approximate surface area is 183 Å². The number of hydrogen-bond donors (Lipinski definition) is 1. The number of ketones is 1. The highest BCUT2D eigenvalue weighted by Gasteiger charge is 2.14. The lowest BCUT2D eigenvalue weighted by Gasteiger charge is -2.06. The van der Waals surface area contributed by atoms with E-state index in [1.165, 1.54) is 13.0 Å². The van der Waals surface area contributed by atoms with Crippen molar-refractivity contribution >= 4 is 23.5 Å². The third kappa shape index (κ3) is 6.65. The van der Waals surface area contributed by atoms with E-state index in [0.717, 1.165) is 23.1 Å². The molecule has 0 fully saturated rings. The molecule has 1 aromatic heterocycles. The second-order valence-electron chi connectivity index (χ2n) is 6.74. The van der Waals surface area contributed by atoms with Crippen molar-refractivity contribution in [2.45, 2.75) is 25.0 Å². The maximum Gasteiger partial charge on any atom is 0.277 e. The predicted octanol–water partition coefficient (Wildman–Crippen LogP) is 3.46. The third-order valence-electron chi connectivity index (χ3n) is 4.43. The molecule has 0 aliphatic heterocycles. The van der Waals surface area contributed by atoms with Crippen LogP contribution in [0, 0.1) is 5.82 Å². The molecule has 0 bridgehead atoms. The minimum atomic E-state index is -0.472. The van der Waals surface area contributed by atoms with E-state index >= 15 is 0 Å². The zero-order valence-corrected chi connectivity index (χ0v) is 18.0. The Morgan fingerprint density at radius 2 is 1.94 bits per heavy atom. The number of Topliss-reactive ketones (excluding diaryl/α,β-unsaturated/α-hetero) is 1. The summed E-state index contributed by atoms with van der Waals surface area (Å²) < 4.78 is 25.0. The van der Waals surface area contributed by atoms with Crippen LogP contribution in [0.2, 0.25) is 0 Å². The zero-order valence-electron chi connectivity index (χ0n) is 17.2. The Morgan fingerprint density at radius 1 is 1.16 bits per heavy atom. The summed E-state index contributed by atoms with van der Waals surface area (Å²) in [7, 11) is 1.61. The smallest absolute Gasteiger partial charge is 0.277 e. The monoisotopic (exact) mass is 443 g/mol. The van der Waals surface area contributed by atoms with E-state index in [-0.39, 0.29) is 28.2 Å². The SMILES string of the molecule is COc1ccc(Cc2nnc(SCC(=O)c3ccc(CCNC(C)=O)c(F)c3)o2)cc1. The van der Waals surface area contributed by atoms with Gasteiger partial charge >= 0.3 is 0 Å². The van der Waals surface area contributed by atoms with Crippen molar-refractivity contribution in [3.63, 3.8) is 0 Å². The summed E-state index contributed by atoms with van der Waals surface area (Å²) in [5, 5.41) is 10.8. The molecular formula is C22H22FN3O4S. The largest absolute Gasteiger partial charge is 0.497 e. The van der Waals surface area contributed by atoms with Crippen LogP contribution in [0.4, 0.5) is 4.39 Å². The number of aromatic nitrogens is 2. The second-order valence-corrected chi connectivity index (χ2v) is 7.66. The molecule has 9 heteroatoms. The quantitative estimate of drug-likeness (QED) is 0.379. The average Bonchev–Trinajstić information content (AvgIpc) is 3.20. The topological polar surface area (TPSA) is 94.3 Å². The first-order valence-electron chi connectivity index (χ1n) is 9.59. The van der Waals surface area contributed by atoms with E-state index in [9.17, 15) is 14.0 Å².